The highest BCUT2D eigenvalue weighted by atomic mass is 19.2. The van der Waals surface area contributed by atoms with Crippen LogP contribution in [0.1, 0.15) is 25.5 Å². The molecule has 4 aromatic rings. The summed E-state index contributed by atoms with van der Waals surface area (Å²) < 4.78 is 28.9. The first-order valence-electron chi connectivity index (χ1n) is 10.2. The smallest absolute Gasteiger partial charge is 0.322 e. The Morgan fingerprint density at radius 2 is 1.94 bits per heavy atom. The summed E-state index contributed by atoms with van der Waals surface area (Å²) in [5.41, 5.74) is 1.65. The number of hydrogen-bond acceptors (Lipinski definition) is 3. The second kappa shape index (κ2) is 9.01. The van der Waals surface area contributed by atoms with E-state index in [9.17, 15) is 18.4 Å². The molecule has 0 radical (unpaired) electrons. The number of aryl methyl sites for hydroxylation is 1. The highest BCUT2D eigenvalue weighted by molar-refractivity contribution is 5.99. The van der Waals surface area contributed by atoms with Gasteiger partial charge in [-0.05, 0) is 49.2 Å². The molecule has 7 nitrogen and oxygen atoms in total. The molecule has 2 aromatic heterocycles. The van der Waals surface area contributed by atoms with Gasteiger partial charge in [-0.2, -0.15) is 5.10 Å². The number of carbonyl (C=O) groups excluding carboxylic acids is 1. The lowest BCUT2D eigenvalue weighted by Crippen LogP contribution is -2.22. The molecule has 0 spiro atoms. The number of hydrogen-bond donors (Lipinski definition) is 3. The van der Waals surface area contributed by atoms with Crippen molar-refractivity contribution in [1.82, 2.24) is 14.8 Å². The number of urea groups is 1. The molecule has 0 atom stereocenters. The van der Waals surface area contributed by atoms with Crippen LogP contribution in [0.5, 0.6) is 0 Å². The molecule has 164 valence electrons. The van der Waals surface area contributed by atoms with Gasteiger partial charge in [-0.3, -0.25) is 10.1 Å². The summed E-state index contributed by atoms with van der Waals surface area (Å²) in [6.45, 7) is 2.07. The normalized spacial score (nSPS) is 11.0. The number of nitrogens with one attached hydrogen (secondary N) is 3. The van der Waals surface area contributed by atoms with Gasteiger partial charge in [0.05, 0.1) is 17.1 Å². The second-order valence-electron chi connectivity index (χ2n) is 7.31. The molecular weight excluding hydrogens is 416 g/mol. The zero-order valence-electron chi connectivity index (χ0n) is 17.3. The average Bonchev–Trinajstić information content (AvgIpc) is 3.17. The summed E-state index contributed by atoms with van der Waals surface area (Å²) in [4.78, 5) is 26.8. The number of halogens is 2. The van der Waals surface area contributed by atoms with Gasteiger partial charge in [0.15, 0.2) is 11.6 Å². The van der Waals surface area contributed by atoms with E-state index < -0.39 is 17.7 Å². The predicted octanol–water partition coefficient (Wildman–Crippen LogP) is 4.98. The molecule has 3 N–H and O–H groups in total. The Balaban J connectivity index is 1.66. The molecule has 0 unspecified atom stereocenters. The summed E-state index contributed by atoms with van der Waals surface area (Å²) >= 11 is 0. The maximum Gasteiger partial charge on any atom is 0.324 e. The number of nitrogens with zero attached hydrogens (tertiary/aromatic N) is 2. The third-order valence-corrected chi connectivity index (χ3v) is 4.94. The van der Waals surface area contributed by atoms with Gasteiger partial charge in [0.1, 0.15) is 5.82 Å². The van der Waals surface area contributed by atoms with Crippen LogP contribution in [-0.2, 0) is 6.42 Å². The maximum atomic E-state index is 13.9. The van der Waals surface area contributed by atoms with Crippen LogP contribution in [0.4, 0.5) is 25.1 Å². The molecule has 2 aromatic carbocycles. The first kappa shape index (κ1) is 21.2. The fourth-order valence-electron chi connectivity index (χ4n) is 3.34. The SMILES string of the molecule is CCCCc1cc(NC(=O)Nc2cccc(F)c2F)n(-c2ccc3[nH]c(=O)ccc3c2)n1. The Morgan fingerprint density at radius 1 is 1.09 bits per heavy atom. The van der Waals surface area contributed by atoms with Gasteiger partial charge in [-0.25, -0.2) is 18.3 Å². The minimum Gasteiger partial charge on any atom is -0.322 e. The van der Waals surface area contributed by atoms with E-state index in [0.29, 0.717) is 17.0 Å². The Morgan fingerprint density at radius 3 is 2.75 bits per heavy atom. The van der Waals surface area contributed by atoms with E-state index in [1.54, 1.807) is 28.9 Å². The third kappa shape index (κ3) is 4.51. The Bertz CT molecular complexity index is 1350. The number of amides is 2. The van der Waals surface area contributed by atoms with Gasteiger partial charge in [-0.1, -0.05) is 19.4 Å². The summed E-state index contributed by atoms with van der Waals surface area (Å²) in [5, 5.41) is 10.4. The van der Waals surface area contributed by atoms with Gasteiger partial charge in [0.25, 0.3) is 0 Å². The summed E-state index contributed by atoms with van der Waals surface area (Å²) in [6, 6.07) is 13.0. The number of aromatic nitrogens is 3. The van der Waals surface area contributed by atoms with E-state index in [2.05, 4.69) is 27.6 Å². The van der Waals surface area contributed by atoms with Crippen molar-refractivity contribution < 1.29 is 13.6 Å². The minimum absolute atomic E-state index is 0.199. The number of carbonyl (C=O) groups is 1. The van der Waals surface area contributed by atoms with Crippen LogP contribution in [0.2, 0.25) is 0 Å². The molecule has 0 saturated heterocycles. The lowest BCUT2D eigenvalue weighted by atomic mass is 10.2. The lowest BCUT2D eigenvalue weighted by molar-refractivity contribution is 0.262. The number of anilines is 2. The summed E-state index contributed by atoms with van der Waals surface area (Å²) in [6.07, 6.45) is 2.63. The second-order valence-corrected chi connectivity index (χ2v) is 7.31. The number of rotatable bonds is 6. The quantitative estimate of drug-likeness (QED) is 0.397. The van der Waals surface area contributed by atoms with Gasteiger partial charge < -0.3 is 10.3 Å². The molecule has 0 saturated carbocycles. The third-order valence-electron chi connectivity index (χ3n) is 4.94. The van der Waals surface area contributed by atoms with E-state index in [4.69, 9.17) is 0 Å². The number of benzene rings is 2. The van der Waals surface area contributed by atoms with Gasteiger partial charge in [0.2, 0.25) is 5.56 Å². The van der Waals surface area contributed by atoms with Gasteiger partial charge in [-0.15, -0.1) is 0 Å². The standard InChI is InChI=1S/C23H21F2N5O2/c1-2-3-5-15-13-20(28-23(32)27-19-7-4-6-17(24)22(19)25)30(29-15)16-9-10-18-14(12-16)8-11-21(31)26-18/h4,6-13H,2-3,5H2,1H3,(H,26,31)(H2,27,28,32). The number of fused-ring (bicyclic) bond motifs is 1. The Labute approximate surface area is 182 Å². The van der Waals surface area contributed by atoms with E-state index in [1.807, 2.05) is 6.07 Å². The Hall–Kier alpha value is -4.01. The van der Waals surface area contributed by atoms with Crippen molar-refractivity contribution in [2.75, 3.05) is 10.6 Å². The number of unbranched alkanes of at least 4 members (excludes halogenated alkanes) is 1. The van der Waals surface area contributed by atoms with Crippen LogP contribution in [0.25, 0.3) is 16.6 Å². The fourth-order valence-corrected chi connectivity index (χ4v) is 3.34. The lowest BCUT2D eigenvalue weighted by Gasteiger charge is -2.11. The van der Waals surface area contributed by atoms with Crippen molar-refractivity contribution in [3.8, 4) is 5.69 Å². The summed E-state index contributed by atoms with van der Waals surface area (Å²) in [7, 11) is 0. The van der Waals surface area contributed by atoms with Crippen LogP contribution in [0.3, 0.4) is 0 Å². The van der Waals surface area contributed by atoms with E-state index >= 15 is 0 Å². The molecule has 9 heteroatoms. The van der Waals surface area contributed by atoms with Crippen LogP contribution in [-0.4, -0.2) is 20.8 Å². The van der Waals surface area contributed by atoms with E-state index in [-0.39, 0.29) is 11.2 Å². The van der Waals surface area contributed by atoms with Crippen molar-refractivity contribution >= 4 is 28.4 Å². The largest absolute Gasteiger partial charge is 0.324 e. The first-order chi connectivity index (χ1) is 15.4. The zero-order valence-corrected chi connectivity index (χ0v) is 17.3. The van der Waals surface area contributed by atoms with Crippen LogP contribution < -0.4 is 16.2 Å². The highest BCUT2D eigenvalue weighted by Gasteiger charge is 2.15. The van der Waals surface area contributed by atoms with Crippen LogP contribution >= 0.6 is 0 Å². The van der Waals surface area contributed by atoms with Crippen molar-refractivity contribution in [3.05, 3.63) is 82.3 Å². The van der Waals surface area contributed by atoms with Crippen molar-refractivity contribution in [3.63, 3.8) is 0 Å². The van der Waals surface area contributed by atoms with Crippen molar-refractivity contribution in [2.24, 2.45) is 0 Å². The number of H-pyrrole nitrogens is 1. The minimum atomic E-state index is -1.14. The molecule has 0 aliphatic carbocycles. The molecule has 4 rings (SSSR count). The molecule has 2 heterocycles. The molecule has 0 fully saturated rings. The topological polar surface area (TPSA) is 91.8 Å². The van der Waals surface area contributed by atoms with Crippen molar-refractivity contribution in [2.45, 2.75) is 26.2 Å². The fraction of sp³-hybridized carbons (Fsp3) is 0.174. The van der Waals surface area contributed by atoms with E-state index in [1.165, 1.54) is 18.2 Å². The molecule has 32 heavy (non-hydrogen) atoms. The summed E-state index contributed by atoms with van der Waals surface area (Å²) in [5.74, 6) is -1.82. The molecule has 0 aliphatic heterocycles. The Kier molecular flexibility index (Phi) is 5.98. The monoisotopic (exact) mass is 437 g/mol. The molecular formula is C23H21F2N5O2. The van der Waals surface area contributed by atoms with Crippen molar-refractivity contribution in [1.29, 1.82) is 0 Å². The molecule has 2 amide bonds. The highest BCUT2D eigenvalue weighted by Crippen LogP contribution is 2.23. The van der Waals surface area contributed by atoms with Crippen LogP contribution in [0.15, 0.2) is 59.4 Å². The predicted molar refractivity (Wildman–Crippen MR) is 119 cm³/mol. The van der Waals surface area contributed by atoms with Crippen LogP contribution in [0, 0.1) is 11.6 Å². The van der Waals surface area contributed by atoms with E-state index in [0.717, 1.165) is 36.4 Å². The first-order valence-corrected chi connectivity index (χ1v) is 10.2. The number of aromatic amines is 1. The van der Waals surface area contributed by atoms with Gasteiger partial charge >= 0.3 is 6.03 Å². The maximum absolute atomic E-state index is 13.9. The number of pyridine rings is 1. The molecule has 0 aliphatic rings. The average molecular weight is 437 g/mol. The van der Waals surface area contributed by atoms with Gasteiger partial charge in [0, 0.05) is 23.0 Å². The molecule has 0 bridgehead atoms. The zero-order chi connectivity index (χ0) is 22.7.